The van der Waals surface area contributed by atoms with Gasteiger partial charge in [0.1, 0.15) is 5.82 Å². The van der Waals surface area contributed by atoms with Crippen LogP contribution in [0.1, 0.15) is 25.3 Å². The average Bonchev–Trinajstić information content (AvgIpc) is 2.30. The van der Waals surface area contributed by atoms with Crippen LogP contribution in [-0.2, 0) is 4.79 Å². The van der Waals surface area contributed by atoms with E-state index in [1.165, 1.54) is 0 Å². The highest BCUT2D eigenvalue weighted by Crippen LogP contribution is 2.05. The number of hydrogen-bond donors (Lipinski definition) is 2. The number of anilines is 1. The first-order valence-corrected chi connectivity index (χ1v) is 5.12. The third-order valence-electron chi connectivity index (χ3n) is 1.82. The van der Waals surface area contributed by atoms with Crippen molar-refractivity contribution in [3.63, 3.8) is 0 Å². The van der Waals surface area contributed by atoms with E-state index in [1.54, 1.807) is 25.3 Å². The zero-order valence-corrected chi connectivity index (χ0v) is 9.16. The van der Waals surface area contributed by atoms with Crippen LogP contribution in [0.5, 0.6) is 0 Å². The van der Waals surface area contributed by atoms with Gasteiger partial charge >= 0.3 is 0 Å². The number of pyridine rings is 1. The maximum Gasteiger partial charge on any atom is 0.225 e. The van der Waals surface area contributed by atoms with Gasteiger partial charge in [-0.15, -0.1) is 0 Å². The Bertz CT molecular complexity index is 419. The molecule has 0 fully saturated rings. The molecule has 0 aliphatic heterocycles. The third-order valence-corrected chi connectivity index (χ3v) is 1.82. The number of carbonyl (C=O) groups excluding carboxylic acids is 1. The van der Waals surface area contributed by atoms with Gasteiger partial charge < -0.3 is 10.4 Å². The van der Waals surface area contributed by atoms with Crippen LogP contribution in [0.2, 0.25) is 0 Å². The van der Waals surface area contributed by atoms with Crippen molar-refractivity contribution in [2.24, 2.45) is 0 Å². The summed E-state index contributed by atoms with van der Waals surface area (Å²) >= 11 is 0. The van der Waals surface area contributed by atoms with Gasteiger partial charge in [-0.05, 0) is 12.1 Å². The summed E-state index contributed by atoms with van der Waals surface area (Å²) in [6, 6.07) is 3.46. The second kappa shape index (κ2) is 6.59. The summed E-state index contributed by atoms with van der Waals surface area (Å²) in [5.41, 5.74) is 0.773. The molecule has 1 rings (SSSR count). The lowest BCUT2D eigenvalue weighted by molar-refractivity contribution is -0.115. The quantitative estimate of drug-likeness (QED) is 0.748. The van der Waals surface area contributed by atoms with Gasteiger partial charge in [-0.25, -0.2) is 4.98 Å². The fourth-order valence-corrected chi connectivity index (χ4v) is 1.03. The fourth-order valence-electron chi connectivity index (χ4n) is 1.03. The number of amides is 1. The number of nitrogens with zero attached hydrogens (tertiary/aromatic N) is 1. The Morgan fingerprint density at radius 3 is 3.12 bits per heavy atom. The van der Waals surface area contributed by atoms with Gasteiger partial charge in [-0.2, -0.15) is 0 Å². The van der Waals surface area contributed by atoms with Crippen molar-refractivity contribution in [3.05, 3.63) is 23.9 Å². The molecule has 1 amide bonds. The summed E-state index contributed by atoms with van der Waals surface area (Å²) in [5.74, 6) is 6.11. The predicted molar refractivity (Wildman–Crippen MR) is 61.7 cm³/mol. The molecule has 1 heterocycles. The molecule has 0 atom stereocenters. The van der Waals surface area contributed by atoms with Crippen LogP contribution in [0.15, 0.2) is 18.3 Å². The molecule has 0 saturated carbocycles. The summed E-state index contributed by atoms with van der Waals surface area (Å²) in [4.78, 5) is 15.1. The van der Waals surface area contributed by atoms with Crippen LogP contribution < -0.4 is 5.32 Å². The Morgan fingerprint density at radius 1 is 1.62 bits per heavy atom. The third kappa shape index (κ3) is 4.11. The number of hydrogen-bond acceptors (Lipinski definition) is 3. The lowest BCUT2D eigenvalue weighted by Gasteiger charge is -2.01. The molecule has 0 saturated heterocycles. The van der Waals surface area contributed by atoms with Gasteiger partial charge in [0.15, 0.2) is 0 Å². The first-order valence-electron chi connectivity index (χ1n) is 5.12. The van der Waals surface area contributed by atoms with Crippen LogP contribution in [-0.4, -0.2) is 22.6 Å². The largest absolute Gasteiger partial charge is 0.395 e. The van der Waals surface area contributed by atoms with E-state index in [0.717, 1.165) is 5.56 Å². The Kier molecular flexibility index (Phi) is 5.03. The molecule has 4 heteroatoms. The van der Waals surface area contributed by atoms with E-state index in [0.29, 0.717) is 18.7 Å². The molecule has 0 aromatic carbocycles. The van der Waals surface area contributed by atoms with Crippen molar-refractivity contribution in [3.8, 4) is 11.8 Å². The smallest absolute Gasteiger partial charge is 0.225 e. The minimum atomic E-state index is -0.0760. The Balaban J connectivity index is 2.72. The summed E-state index contributed by atoms with van der Waals surface area (Å²) in [6.07, 6.45) is 2.45. The molecular weight excluding hydrogens is 204 g/mol. The maximum atomic E-state index is 11.1. The maximum absolute atomic E-state index is 11.1. The Labute approximate surface area is 94.7 Å². The van der Waals surface area contributed by atoms with E-state index in [2.05, 4.69) is 22.1 Å². The standard InChI is InChI=1S/C12H14N2O2/c1-2-12(16)14-11-9-10(6-7-13-11)5-3-4-8-15/h6-7,9,15H,2,4,8H2,1H3,(H,13,14,16). The number of carbonyl (C=O) groups is 1. The zero-order valence-electron chi connectivity index (χ0n) is 9.16. The van der Waals surface area contributed by atoms with Crippen molar-refractivity contribution >= 4 is 11.7 Å². The molecule has 0 aliphatic carbocycles. The van der Waals surface area contributed by atoms with Gasteiger partial charge in [0, 0.05) is 24.6 Å². The predicted octanol–water partition coefficient (Wildman–Crippen LogP) is 1.16. The molecule has 0 radical (unpaired) electrons. The highest BCUT2D eigenvalue weighted by Gasteiger charge is 1.99. The lowest BCUT2D eigenvalue weighted by atomic mass is 10.2. The summed E-state index contributed by atoms with van der Waals surface area (Å²) in [7, 11) is 0. The monoisotopic (exact) mass is 218 g/mol. The minimum Gasteiger partial charge on any atom is -0.395 e. The molecular formula is C12H14N2O2. The van der Waals surface area contributed by atoms with Gasteiger partial charge in [0.05, 0.1) is 6.61 Å². The van der Waals surface area contributed by atoms with Crippen LogP contribution >= 0.6 is 0 Å². The average molecular weight is 218 g/mol. The second-order valence-corrected chi connectivity index (χ2v) is 3.11. The van der Waals surface area contributed by atoms with Crippen molar-refractivity contribution in [2.45, 2.75) is 19.8 Å². The van der Waals surface area contributed by atoms with Crippen molar-refractivity contribution in [1.29, 1.82) is 0 Å². The second-order valence-electron chi connectivity index (χ2n) is 3.11. The number of nitrogens with one attached hydrogen (secondary N) is 1. The van der Waals surface area contributed by atoms with Crippen molar-refractivity contribution in [1.82, 2.24) is 4.98 Å². The van der Waals surface area contributed by atoms with Crippen LogP contribution in [0.4, 0.5) is 5.82 Å². The SMILES string of the molecule is CCC(=O)Nc1cc(C#CCCO)ccn1. The molecule has 0 aliphatic rings. The summed E-state index contributed by atoms with van der Waals surface area (Å²) in [6.45, 7) is 1.83. The van der Waals surface area contributed by atoms with Crippen LogP contribution in [0, 0.1) is 11.8 Å². The van der Waals surface area contributed by atoms with Crippen molar-refractivity contribution < 1.29 is 9.90 Å². The lowest BCUT2D eigenvalue weighted by Crippen LogP contribution is -2.10. The van der Waals surface area contributed by atoms with E-state index in [1.807, 2.05) is 0 Å². The van der Waals surface area contributed by atoms with Crippen molar-refractivity contribution in [2.75, 3.05) is 11.9 Å². The molecule has 2 N–H and O–H groups in total. The Morgan fingerprint density at radius 2 is 2.44 bits per heavy atom. The molecule has 4 nitrogen and oxygen atoms in total. The fraction of sp³-hybridized carbons (Fsp3) is 0.333. The van der Waals surface area contributed by atoms with Gasteiger partial charge in [-0.3, -0.25) is 4.79 Å². The van der Waals surface area contributed by atoms with Crippen LogP contribution in [0.25, 0.3) is 0 Å². The molecule has 1 aromatic rings. The first kappa shape index (κ1) is 12.2. The topological polar surface area (TPSA) is 62.2 Å². The van der Waals surface area contributed by atoms with E-state index in [-0.39, 0.29) is 12.5 Å². The molecule has 0 spiro atoms. The van der Waals surface area contributed by atoms with Gasteiger partial charge in [0.2, 0.25) is 5.91 Å². The molecule has 16 heavy (non-hydrogen) atoms. The van der Waals surface area contributed by atoms with Crippen LogP contribution in [0.3, 0.4) is 0 Å². The van der Waals surface area contributed by atoms with Gasteiger partial charge in [-0.1, -0.05) is 18.8 Å². The highest BCUT2D eigenvalue weighted by molar-refractivity contribution is 5.89. The normalized spacial score (nSPS) is 9.12. The molecule has 1 aromatic heterocycles. The van der Waals surface area contributed by atoms with Gasteiger partial charge in [0.25, 0.3) is 0 Å². The molecule has 84 valence electrons. The van der Waals surface area contributed by atoms with E-state index in [9.17, 15) is 4.79 Å². The number of rotatable bonds is 3. The number of aromatic nitrogens is 1. The first-order chi connectivity index (χ1) is 7.76. The molecule has 0 unspecified atom stereocenters. The highest BCUT2D eigenvalue weighted by atomic mass is 16.2. The summed E-state index contributed by atoms with van der Waals surface area (Å²) in [5, 5.41) is 11.2. The minimum absolute atomic E-state index is 0.0531. The van der Waals surface area contributed by atoms with E-state index in [4.69, 9.17) is 5.11 Å². The van der Waals surface area contributed by atoms with E-state index < -0.39 is 0 Å². The van der Waals surface area contributed by atoms with E-state index >= 15 is 0 Å². The Hall–Kier alpha value is -1.86. The number of aliphatic hydroxyl groups is 1. The summed E-state index contributed by atoms with van der Waals surface area (Å²) < 4.78 is 0. The zero-order chi connectivity index (χ0) is 11.8. The number of aliphatic hydroxyl groups excluding tert-OH is 1. The molecule has 0 bridgehead atoms.